The van der Waals surface area contributed by atoms with E-state index in [-0.39, 0.29) is 11.9 Å². The standard InChI is InChI=1S/C19H19N7O/c27-18(15-11-23-17(24-12-15)14-4-8-20-9-5-14)25-16-3-1-10-26(13-16)19-21-6-2-7-22-19/h2,4-9,11-12,16H,1,3,10,13H2,(H,25,27)/t16-/m1/s1. The number of hydrogen-bond donors (Lipinski definition) is 1. The van der Waals surface area contributed by atoms with Crippen LogP contribution < -0.4 is 10.2 Å². The van der Waals surface area contributed by atoms with Crippen molar-refractivity contribution in [1.82, 2.24) is 30.2 Å². The van der Waals surface area contributed by atoms with Crippen molar-refractivity contribution in [2.45, 2.75) is 18.9 Å². The van der Waals surface area contributed by atoms with Gasteiger partial charge >= 0.3 is 0 Å². The number of nitrogens with one attached hydrogen (secondary N) is 1. The molecule has 1 saturated heterocycles. The second-order valence-corrected chi connectivity index (χ2v) is 6.34. The minimum atomic E-state index is -0.169. The quantitative estimate of drug-likeness (QED) is 0.756. The van der Waals surface area contributed by atoms with Gasteiger partial charge in [0.1, 0.15) is 0 Å². The molecule has 1 atom stereocenters. The van der Waals surface area contributed by atoms with Crippen molar-refractivity contribution in [3.63, 3.8) is 0 Å². The van der Waals surface area contributed by atoms with E-state index in [9.17, 15) is 4.79 Å². The lowest BCUT2D eigenvalue weighted by Crippen LogP contribution is -2.48. The van der Waals surface area contributed by atoms with E-state index in [2.05, 4.69) is 35.1 Å². The molecular formula is C19H19N7O. The highest BCUT2D eigenvalue weighted by molar-refractivity contribution is 5.94. The van der Waals surface area contributed by atoms with Gasteiger partial charge in [-0.2, -0.15) is 0 Å². The lowest BCUT2D eigenvalue weighted by atomic mass is 10.1. The van der Waals surface area contributed by atoms with Crippen LogP contribution in [0.2, 0.25) is 0 Å². The molecule has 0 aliphatic carbocycles. The molecule has 3 aromatic rings. The summed E-state index contributed by atoms with van der Waals surface area (Å²) in [5, 5.41) is 3.07. The second-order valence-electron chi connectivity index (χ2n) is 6.34. The smallest absolute Gasteiger partial charge is 0.254 e. The van der Waals surface area contributed by atoms with Gasteiger partial charge in [-0.15, -0.1) is 0 Å². The SMILES string of the molecule is O=C(N[C@@H]1CCCN(c2ncccn2)C1)c1cnc(-c2ccncc2)nc1. The van der Waals surface area contributed by atoms with Crippen LogP contribution in [0.1, 0.15) is 23.2 Å². The first-order chi connectivity index (χ1) is 13.3. The lowest BCUT2D eigenvalue weighted by Gasteiger charge is -2.33. The number of nitrogens with zero attached hydrogens (tertiary/aromatic N) is 6. The number of hydrogen-bond acceptors (Lipinski definition) is 7. The summed E-state index contributed by atoms with van der Waals surface area (Å²) in [7, 11) is 0. The molecular weight excluding hydrogens is 342 g/mol. The zero-order valence-corrected chi connectivity index (χ0v) is 14.7. The first-order valence-electron chi connectivity index (χ1n) is 8.85. The van der Waals surface area contributed by atoms with Crippen LogP contribution >= 0.6 is 0 Å². The maximum Gasteiger partial charge on any atom is 0.254 e. The Labute approximate surface area is 156 Å². The predicted molar refractivity (Wildman–Crippen MR) is 100.0 cm³/mol. The summed E-state index contributed by atoms with van der Waals surface area (Å²) in [6, 6.07) is 5.49. The maximum atomic E-state index is 12.6. The van der Waals surface area contributed by atoms with E-state index in [1.54, 1.807) is 43.2 Å². The van der Waals surface area contributed by atoms with Crippen molar-refractivity contribution < 1.29 is 4.79 Å². The zero-order valence-electron chi connectivity index (χ0n) is 14.7. The Bertz CT molecular complexity index is 887. The van der Waals surface area contributed by atoms with Gasteiger partial charge in [0, 0.05) is 61.9 Å². The average Bonchev–Trinajstić information content (AvgIpc) is 2.75. The van der Waals surface area contributed by atoms with Crippen LogP contribution in [-0.4, -0.2) is 50.0 Å². The lowest BCUT2D eigenvalue weighted by molar-refractivity contribution is 0.0932. The Morgan fingerprint density at radius 2 is 1.78 bits per heavy atom. The molecule has 3 aromatic heterocycles. The Morgan fingerprint density at radius 1 is 1.04 bits per heavy atom. The van der Waals surface area contributed by atoms with E-state index in [1.807, 2.05) is 12.1 Å². The van der Waals surface area contributed by atoms with Gasteiger partial charge in [0.2, 0.25) is 5.95 Å². The van der Waals surface area contributed by atoms with Crippen LogP contribution in [0.4, 0.5) is 5.95 Å². The number of rotatable bonds is 4. The number of pyridine rings is 1. The first kappa shape index (κ1) is 17.0. The molecule has 1 fully saturated rings. The Balaban J connectivity index is 1.40. The minimum absolute atomic E-state index is 0.0370. The van der Waals surface area contributed by atoms with E-state index in [0.717, 1.165) is 24.9 Å². The van der Waals surface area contributed by atoms with E-state index in [1.165, 1.54) is 0 Å². The molecule has 1 amide bonds. The van der Waals surface area contributed by atoms with E-state index in [4.69, 9.17) is 0 Å². The Morgan fingerprint density at radius 3 is 2.52 bits per heavy atom. The molecule has 0 spiro atoms. The van der Waals surface area contributed by atoms with Crippen molar-refractivity contribution in [1.29, 1.82) is 0 Å². The van der Waals surface area contributed by atoms with Crippen LogP contribution in [0.15, 0.2) is 55.4 Å². The highest BCUT2D eigenvalue weighted by Gasteiger charge is 2.23. The summed E-state index contributed by atoms with van der Waals surface area (Å²) >= 11 is 0. The van der Waals surface area contributed by atoms with Gasteiger partial charge in [-0.25, -0.2) is 19.9 Å². The van der Waals surface area contributed by atoms with Crippen molar-refractivity contribution >= 4 is 11.9 Å². The van der Waals surface area contributed by atoms with Crippen LogP contribution in [0.25, 0.3) is 11.4 Å². The van der Waals surface area contributed by atoms with E-state index in [0.29, 0.717) is 23.9 Å². The number of aromatic nitrogens is 5. The van der Waals surface area contributed by atoms with Crippen molar-refractivity contribution in [2.75, 3.05) is 18.0 Å². The molecule has 0 saturated carbocycles. The van der Waals surface area contributed by atoms with Gasteiger partial charge < -0.3 is 10.2 Å². The van der Waals surface area contributed by atoms with Gasteiger partial charge in [0.05, 0.1) is 5.56 Å². The normalized spacial score (nSPS) is 16.7. The molecule has 8 nitrogen and oxygen atoms in total. The molecule has 0 radical (unpaired) electrons. The summed E-state index contributed by atoms with van der Waals surface area (Å²) < 4.78 is 0. The van der Waals surface area contributed by atoms with Gasteiger partial charge in [-0.3, -0.25) is 9.78 Å². The van der Waals surface area contributed by atoms with Crippen molar-refractivity contribution in [2.24, 2.45) is 0 Å². The number of carbonyl (C=O) groups excluding carboxylic acids is 1. The summed E-state index contributed by atoms with van der Waals surface area (Å²) in [5.41, 5.74) is 1.31. The Hall–Kier alpha value is -3.42. The van der Waals surface area contributed by atoms with Crippen LogP contribution in [0.3, 0.4) is 0 Å². The van der Waals surface area contributed by atoms with Crippen molar-refractivity contribution in [3.05, 3.63) is 60.9 Å². The molecule has 4 heterocycles. The highest BCUT2D eigenvalue weighted by Crippen LogP contribution is 2.16. The molecule has 27 heavy (non-hydrogen) atoms. The number of piperidine rings is 1. The monoisotopic (exact) mass is 361 g/mol. The molecule has 136 valence electrons. The van der Waals surface area contributed by atoms with E-state index >= 15 is 0 Å². The minimum Gasteiger partial charge on any atom is -0.347 e. The average molecular weight is 361 g/mol. The molecule has 4 rings (SSSR count). The Kier molecular flexibility index (Phi) is 4.95. The highest BCUT2D eigenvalue weighted by atomic mass is 16.1. The summed E-state index contributed by atoms with van der Waals surface area (Å²) in [6.07, 6.45) is 11.8. The van der Waals surface area contributed by atoms with Gasteiger partial charge in [-0.05, 0) is 31.0 Å². The largest absolute Gasteiger partial charge is 0.347 e. The molecule has 8 heteroatoms. The molecule has 1 N–H and O–H groups in total. The summed E-state index contributed by atoms with van der Waals surface area (Å²) in [5.74, 6) is 1.10. The fourth-order valence-corrected chi connectivity index (χ4v) is 3.10. The third kappa shape index (κ3) is 4.05. The third-order valence-electron chi connectivity index (χ3n) is 4.44. The summed E-state index contributed by atoms with van der Waals surface area (Å²) in [6.45, 7) is 1.58. The maximum absolute atomic E-state index is 12.6. The fourth-order valence-electron chi connectivity index (χ4n) is 3.10. The van der Waals surface area contributed by atoms with Gasteiger partial charge in [0.25, 0.3) is 5.91 Å². The molecule has 0 aromatic carbocycles. The fraction of sp³-hybridized carbons (Fsp3) is 0.263. The zero-order chi connectivity index (χ0) is 18.5. The van der Waals surface area contributed by atoms with E-state index < -0.39 is 0 Å². The van der Waals surface area contributed by atoms with Crippen molar-refractivity contribution in [3.8, 4) is 11.4 Å². The number of carbonyl (C=O) groups is 1. The number of amides is 1. The third-order valence-corrected chi connectivity index (χ3v) is 4.44. The van der Waals surface area contributed by atoms with Crippen LogP contribution in [0.5, 0.6) is 0 Å². The van der Waals surface area contributed by atoms with Gasteiger partial charge in [0.15, 0.2) is 5.82 Å². The summed E-state index contributed by atoms with van der Waals surface area (Å²) in [4.78, 5) is 35.8. The van der Waals surface area contributed by atoms with Crippen LogP contribution in [0, 0.1) is 0 Å². The van der Waals surface area contributed by atoms with Gasteiger partial charge in [-0.1, -0.05) is 0 Å². The number of anilines is 1. The first-order valence-corrected chi connectivity index (χ1v) is 8.85. The molecule has 1 aliphatic heterocycles. The van der Waals surface area contributed by atoms with Crippen LogP contribution in [-0.2, 0) is 0 Å². The molecule has 0 unspecified atom stereocenters. The molecule has 0 bridgehead atoms. The molecule has 1 aliphatic rings. The second kappa shape index (κ2) is 7.86. The topological polar surface area (TPSA) is 96.8 Å². The predicted octanol–water partition coefficient (Wildman–Crippen LogP) is 1.73.